The van der Waals surface area contributed by atoms with E-state index in [9.17, 15) is 9.59 Å². The summed E-state index contributed by atoms with van der Waals surface area (Å²) < 4.78 is 5.14. The molecule has 0 saturated carbocycles. The fourth-order valence-corrected chi connectivity index (χ4v) is 2.49. The van der Waals surface area contributed by atoms with Gasteiger partial charge in [-0.15, -0.1) is 0 Å². The Bertz CT molecular complexity index is 522. The second kappa shape index (κ2) is 14.5. The number of rotatable bonds is 13. The second-order valence-electron chi connectivity index (χ2n) is 7.16. The fourth-order valence-electron chi connectivity index (χ4n) is 2.49. The van der Waals surface area contributed by atoms with E-state index in [2.05, 4.69) is 6.08 Å². The molecule has 148 valence electrons. The highest BCUT2D eigenvalue weighted by molar-refractivity contribution is 5.82. The van der Waals surface area contributed by atoms with Crippen molar-refractivity contribution in [2.45, 2.75) is 73.1 Å². The van der Waals surface area contributed by atoms with Crippen molar-refractivity contribution in [1.82, 2.24) is 0 Å². The summed E-state index contributed by atoms with van der Waals surface area (Å²) in [5, 5.41) is 8.89. The van der Waals surface area contributed by atoms with Crippen molar-refractivity contribution in [3.63, 3.8) is 0 Å². The molecule has 0 saturated heterocycles. The number of hydrogen-bond acceptors (Lipinski definition) is 4. The molecule has 1 unspecified atom stereocenters. The number of aliphatic hydroxyl groups is 1. The molecule has 0 aromatic heterocycles. The number of ketones is 1. The molecule has 26 heavy (non-hydrogen) atoms. The SMILES string of the molecule is CC(=O)OC/C(=C\CC/C(C)=C\CO)CCCC(C)C(=O)CC=C(C)C. The van der Waals surface area contributed by atoms with E-state index in [1.54, 1.807) is 6.08 Å². The fraction of sp³-hybridized carbons (Fsp3) is 0.636. The Morgan fingerprint density at radius 3 is 2.31 bits per heavy atom. The lowest BCUT2D eigenvalue weighted by Crippen LogP contribution is -2.10. The van der Waals surface area contributed by atoms with E-state index < -0.39 is 0 Å². The zero-order valence-electron chi connectivity index (χ0n) is 17.1. The van der Waals surface area contributed by atoms with Crippen LogP contribution in [-0.2, 0) is 14.3 Å². The second-order valence-corrected chi connectivity index (χ2v) is 7.16. The molecule has 0 aliphatic carbocycles. The summed E-state index contributed by atoms with van der Waals surface area (Å²) in [5.41, 5.74) is 3.41. The number of Topliss-reactive ketones (excluding diaryl/α,β-unsaturated/α-hetero) is 1. The lowest BCUT2D eigenvalue weighted by molar-refractivity contribution is -0.140. The van der Waals surface area contributed by atoms with Crippen LogP contribution in [-0.4, -0.2) is 30.1 Å². The number of esters is 1. The van der Waals surface area contributed by atoms with Gasteiger partial charge < -0.3 is 9.84 Å². The summed E-state index contributed by atoms with van der Waals surface area (Å²) in [6, 6.07) is 0. The Balaban J connectivity index is 4.48. The van der Waals surface area contributed by atoms with Crippen molar-refractivity contribution in [3.8, 4) is 0 Å². The number of allylic oxidation sites excluding steroid dienone is 4. The van der Waals surface area contributed by atoms with Crippen LogP contribution in [0.3, 0.4) is 0 Å². The number of carbonyl (C=O) groups is 2. The van der Waals surface area contributed by atoms with Gasteiger partial charge in [0.1, 0.15) is 12.4 Å². The summed E-state index contributed by atoms with van der Waals surface area (Å²) in [5.74, 6) is 0.0503. The molecule has 0 aromatic rings. The number of hydrogen-bond donors (Lipinski definition) is 1. The van der Waals surface area contributed by atoms with Crippen LogP contribution in [0.5, 0.6) is 0 Å². The topological polar surface area (TPSA) is 63.6 Å². The van der Waals surface area contributed by atoms with Gasteiger partial charge in [0, 0.05) is 19.3 Å². The third-order valence-electron chi connectivity index (χ3n) is 4.27. The Morgan fingerprint density at radius 2 is 1.73 bits per heavy atom. The van der Waals surface area contributed by atoms with Crippen molar-refractivity contribution < 1.29 is 19.4 Å². The van der Waals surface area contributed by atoms with Crippen LogP contribution in [0.2, 0.25) is 0 Å². The third-order valence-corrected chi connectivity index (χ3v) is 4.27. The number of ether oxygens (including phenoxy) is 1. The van der Waals surface area contributed by atoms with Gasteiger partial charge in [-0.25, -0.2) is 0 Å². The first-order chi connectivity index (χ1) is 12.3. The highest BCUT2D eigenvalue weighted by Gasteiger charge is 2.12. The molecule has 0 spiro atoms. The van der Waals surface area contributed by atoms with E-state index >= 15 is 0 Å². The van der Waals surface area contributed by atoms with Crippen LogP contribution in [0.15, 0.2) is 34.9 Å². The van der Waals surface area contributed by atoms with Gasteiger partial charge in [0.05, 0.1) is 6.61 Å². The van der Waals surface area contributed by atoms with Gasteiger partial charge in [-0.05, 0) is 58.4 Å². The molecule has 0 rings (SSSR count). The molecule has 0 bridgehead atoms. The van der Waals surface area contributed by atoms with Crippen LogP contribution < -0.4 is 0 Å². The smallest absolute Gasteiger partial charge is 0.302 e. The highest BCUT2D eigenvalue weighted by atomic mass is 16.5. The van der Waals surface area contributed by atoms with E-state index in [0.717, 1.165) is 43.3 Å². The van der Waals surface area contributed by atoms with E-state index in [0.29, 0.717) is 13.0 Å². The maximum atomic E-state index is 12.1. The van der Waals surface area contributed by atoms with Crippen LogP contribution >= 0.6 is 0 Å². The Morgan fingerprint density at radius 1 is 1.04 bits per heavy atom. The zero-order valence-corrected chi connectivity index (χ0v) is 17.1. The van der Waals surface area contributed by atoms with E-state index in [4.69, 9.17) is 9.84 Å². The van der Waals surface area contributed by atoms with Crippen molar-refractivity contribution >= 4 is 11.8 Å². The third kappa shape index (κ3) is 13.6. The van der Waals surface area contributed by atoms with Gasteiger partial charge in [0.2, 0.25) is 0 Å². The van der Waals surface area contributed by atoms with Crippen molar-refractivity contribution in [2.24, 2.45) is 5.92 Å². The van der Waals surface area contributed by atoms with Gasteiger partial charge in [0.25, 0.3) is 0 Å². The molecule has 4 heteroatoms. The minimum absolute atomic E-state index is 0.0512. The van der Waals surface area contributed by atoms with Crippen molar-refractivity contribution in [1.29, 1.82) is 0 Å². The van der Waals surface area contributed by atoms with E-state index in [-0.39, 0.29) is 24.3 Å². The molecule has 0 aliphatic rings. The quantitative estimate of drug-likeness (QED) is 0.372. The maximum Gasteiger partial charge on any atom is 0.302 e. The molecule has 0 aromatic carbocycles. The average Bonchev–Trinajstić information content (AvgIpc) is 2.56. The number of carbonyl (C=O) groups excluding carboxylic acids is 2. The zero-order chi connectivity index (χ0) is 19.9. The molecule has 0 heterocycles. The van der Waals surface area contributed by atoms with E-state index in [1.807, 2.05) is 33.8 Å². The first-order valence-corrected chi connectivity index (χ1v) is 9.50. The molecule has 0 aliphatic heterocycles. The maximum absolute atomic E-state index is 12.1. The first kappa shape index (κ1) is 24.3. The van der Waals surface area contributed by atoms with Crippen LogP contribution in [0, 0.1) is 5.92 Å². The summed E-state index contributed by atoms with van der Waals surface area (Å²) in [6.07, 6.45) is 10.7. The molecular formula is C22H36O4. The predicted octanol–water partition coefficient (Wildman–Crippen LogP) is 4.93. The molecule has 1 N–H and O–H groups in total. The van der Waals surface area contributed by atoms with E-state index in [1.165, 1.54) is 12.5 Å². The lowest BCUT2D eigenvalue weighted by Gasteiger charge is -2.12. The first-order valence-electron chi connectivity index (χ1n) is 9.50. The Hall–Kier alpha value is -1.68. The molecule has 1 atom stereocenters. The van der Waals surface area contributed by atoms with Crippen LogP contribution in [0.1, 0.15) is 73.1 Å². The van der Waals surface area contributed by atoms with Crippen molar-refractivity contribution in [3.05, 3.63) is 34.9 Å². The Labute approximate surface area is 159 Å². The van der Waals surface area contributed by atoms with Gasteiger partial charge in [0.15, 0.2) is 0 Å². The summed E-state index contributed by atoms with van der Waals surface area (Å²) in [4.78, 5) is 23.2. The normalized spacial score (nSPS) is 13.3. The molecular weight excluding hydrogens is 328 g/mol. The minimum Gasteiger partial charge on any atom is -0.461 e. The standard InChI is InChI=1S/C22H36O4/c1-17(2)12-13-22(25)19(4)9-7-11-21(16-26-20(5)24)10-6-8-18(3)14-15-23/h10,12,14,19,23H,6-9,11,13,15-16H2,1-5H3/b18-14-,21-10-. The molecule has 0 fully saturated rings. The van der Waals surface area contributed by atoms with Gasteiger partial charge in [-0.3, -0.25) is 9.59 Å². The van der Waals surface area contributed by atoms with Gasteiger partial charge in [-0.2, -0.15) is 0 Å². The highest BCUT2D eigenvalue weighted by Crippen LogP contribution is 2.17. The van der Waals surface area contributed by atoms with Crippen molar-refractivity contribution in [2.75, 3.05) is 13.2 Å². The molecule has 0 radical (unpaired) electrons. The van der Waals surface area contributed by atoms with Gasteiger partial charge >= 0.3 is 5.97 Å². The number of aliphatic hydroxyl groups excluding tert-OH is 1. The monoisotopic (exact) mass is 364 g/mol. The lowest BCUT2D eigenvalue weighted by atomic mass is 9.95. The van der Waals surface area contributed by atoms with Crippen LogP contribution in [0.25, 0.3) is 0 Å². The Kier molecular flexibility index (Phi) is 13.5. The van der Waals surface area contributed by atoms with Crippen LogP contribution in [0.4, 0.5) is 0 Å². The average molecular weight is 365 g/mol. The molecule has 0 amide bonds. The largest absolute Gasteiger partial charge is 0.461 e. The van der Waals surface area contributed by atoms with Gasteiger partial charge in [-0.1, -0.05) is 36.3 Å². The summed E-state index contributed by atoms with van der Waals surface area (Å²) in [6.45, 7) is 9.78. The summed E-state index contributed by atoms with van der Waals surface area (Å²) in [7, 11) is 0. The molecule has 4 nitrogen and oxygen atoms in total. The minimum atomic E-state index is -0.280. The predicted molar refractivity (Wildman–Crippen MR) is 107 cm³/mol. The summed E-state index contributed by atoms with van der Waals surface area (Å²) >= 11 is 0.